The maximum atomic E-state index is 11.3. The largest absolute Gasteiger partial charge is 0.476 e. The second-order valence-corrected chi connectivity index (χ2v) is 4.82. The Kier molecular flexibility index (Phi) is 3.45. The van der Waals surface area contributed by atoms with Gasteiger partial charge in [0.1, 0.15) is 5.69 Å². The molecule has 2 aromatic heterocycles. The van der Waals surface area contributed by atoms with E-state index >= 15 is 0 Å². The first kappa shape index (κ1) is 13.4. The number of hydrogen-bond donors (Lipinski definition) is 1. The number of nitrogens with zero attached hydrogens (tertiary/aromatic N) is 3. The van der Waals surface area contributed by atoms with Gasteiger partial charge < -0.3 is 9.52 Å². The van der Waals surface area contributed by atoms with E-state index in [4.69, 9.17) is 16.0 Å². The van der Waals surface area contributed by atoms with Crippen molar-refractivity contribution in [2.75, 3.05) is 0 Å². The minimum Gasteiger partial charge on any atom is -0.476 e. The van der Waals surface area contributed by atoms with Gasteiger partial charge in [-0.3, -0.25) is 0 Å². The quantitative estimate of drug-likeness (QED) is 0.801. The van der Waals surface area contributed by atoms with Crippen LogP contribution in [-0.2, 0) is 6.54 Å². The molecular weight excluding hydrogens is 294 g/mol. The highest BCUT2D eigenvalue weighted by Gasteiger charge is 2.20. The van der Waals surface area contributed by atoms with E-state index in [-0.39, 0.29) is 5.69 Å². The Morgan fingerprint density at radius 3 is 2.67 bits per heavy atom. The van der Waals surface area contributed by atoms with Crippen LogP contribution in [0.1, 0.15) is 16.1 Å². The molecule has 0 aliphatic rings. The number of carboxylic acids is 1. The summed E-state index contributed by atoms with van der Waals surface area (Å²) in [6.07, 6.45) is 3.13. The molecule has 21 heavy (non-hydrogen) atoms. The standard InChI is InChI=1S/C14H10ClN3O3/c15-11-3-1-10(2-4-11)13-12(14(19)20)16-17-18(13)7-9-5-6-21-8-9/h1-6,8H,7H2,(H,19,20). The molecule has 0 amide bonds. The van der Waals surface area contributed by atoms with Gasteiger partial charge in [-0.2, -0.15) is 0 Å². The first-order valence-electron chi connectivity index (χ1n) is 6.09. The monoisotopic (exact) mass is 303 g/mol. The molecule has 0 saturated heterocycles. The number of rotatable bonds is 4. The zero-order chi connectivity index (χ0) is 14.8. The topological polar surface area (TPSA) is 81.1 Å². The van der Waals surface area contributed by atoms with Crippen LogP contribution < -0.4 is 0 Å². The number of carbonyl (C=O) groups is 1. The number of furan rings is 1. The molecule has 7 heteroatoms. The Labute approximate surface area is 124 Å². The third kappa shape index (κ3) is 2.66. The highest BCUT2D eigenvalue weighted by atomic mass is 35.5. The number of halogens is 1. The van der Waals surface area contributed by atoms with E-state index in [1.807, 2.05) is 0 Å². The molecule has 0 spiro atoms. The van der Waals surface area contributed by atoms with Crippen molar-refractivity contribution >= 4 is 17.6 Å². The summed E-state index contributed by atoms with van der Waals surface area (Å²) in [5.74, 6) is -1.13. The molecule has 0 saturated carbocycles. The van der Waals surface area contributed by atoms with Crippen molar-refractivity contribution in [3.8, 4) is 11.3 Å². The third-order valence-electron chi connectivity index (χ3n) is 2.97. The van der Waals surface area contributed by atoms with Gasteiger partial charge in [0.15, 0.2) is 5.69 Å². The molecule has 0 bridgehead atoms. The van der Waals surface area contributed by atoms with Gasteiger partial charge in [0.25, 0.3) is 0 Å². The normalized spacial score (nSPS) is 10.7. The van der Waals surface area contributed by atoms with Crippen LogP contribution in [0, 0.1) is 0 Å². The van der Waals surface area contributed by atoms with E-state index in [1.165, 1.54) is 4.68 Å². The average Bonchev–Trinajstić information content (AvgIpc) is 3.10. The van der Waals surface area contributed by atoms with Crippen LogP contribution in [0.3, 0.4) is 0 Å². The zero-order valence-corrected chi connectivity index (χ0v) is 11.5. The lowest BCUT2D eigenvalue weighted by atomic mass is 10.1. The van der Waals surface area contributed by atoms with Gasteiger partial charge in [-0.15, -0.1) is 5.10 Å². The van der Waals surface area contributed by atoms with E-state index in [2.05, 4.69) is 10.3 Å². The van der Waals surface area contributed by atoms with Gasteiger partial charge in [0, 0.05) is 16.1 Å². The predicted molar refractivity (Wildman–Crippen MR) is 75.2 cm³/mol. The number of aromatic carboxylic acids is 1. The summed E-state index contributed by atoms with van der Waals surface area (Å²) in [6, 6.07) is 8.64. The fourth-order valence-electron chi connectivity index (χ4n) is 2.02. The van der Waals surface area contributed by atoms with E-state index in [1.54, 1.807) is 42.9 Å². The lowest BCUT2D eigenvalue weighted by Crippen LogP contribution is -2.05. The Morgan fingerprint density at radius 1 is 1.29 bits per heavy atom. The molecule has 0 atom stereocenters. The summed E-state index contributed by atoms with van der Waals surface area (Å²) in [7, 11) is 0. The second-order valence-electron chi connectivity index (χ2n) is 4.39. The third-order valence-corrected chi connectivity index (χ3v) is 3.22. The Hall–Kier alpha value is -2.60. The van der Waals surface area contributed by atoms with E-state index in [0.29, 0.717) is 22.8 Å². The van der Waals surface area contributed by atoms with E-state index < -0.39 is 5.97 Å². The maximum Gasteiger partial charge on any atom is 0.358 e. The van der Waals surface area contributed by atoms with Gasteiger partial charge in [0.2, 0.25) is 0 Å². The molecule has 1 aromatic carbocycles. The summed E-state index contributed by atoms with van der Waals surface area (Å²) < 4.78 is 6.53. The van der Waals surface area contributed by atoms with Crippen LogP contribution in [0.25, 0.3) is 11.3 Å². The highest BCUT2D eigenvalue weighted by Crippen LogP contribution is 2.25. The summed E-state index contributed by atoms with van der Waals surface area (Å²) in [4.78, 5) is 11.3. The first-order valence-corrected chi connectivity index (χ1v) is 6.47. The molecule has 0 fully saturated rings. The summed E-state index contributed by atoms with van der Waals surface area (Å²) in [6.45, 7) is 0.370. The molecular formula is C14H10ClN3O3. The molecule has 3 aromatic rings. The van der Waals surface area contributed by atoms with Gasteiger partial charge in [0.05, 0.1) is 19.1 Å². The average molecular weight is 304 g/mol. The smallest absolute Gasteiger partial charge is 0.358 e. The lowest BCUT2D eigenvalue weighted by molar-refractivity contribution is 0.0691. The molecule has 6 nitrogen and oxygen atoms in total. The fraction of sp³-hybridized carbons (Fsp3) is 0.0714. The lowest BCUT2D eigenvalue weighted by Gasteiger charge is -2.06. The predicted octanol–water partition coefficient (Wildman–Crippen LogP) is 2.94. The van der Waals surface area contributed by atoms with Crippen molar-refractivity contribution < 1.29 is 14.3 Å². The Morgan fingerprint density at radius 2 is 2.05 bits per heavy atom. The van der Waals surface area contributed by atoms with Gasteiger partial charge in [-0.05, 0) is 18.2 Å². The van der Waals surface area contributed by atoms with Crippen LogP contribution in [0.2, 0.25) is 5.02 Å². The molecule has 0 aliphatic carbocycles. The molecule has 0 radical (unpaired) electrons. The van der Waals surface area contributed by atoms with Crippen molar-refractivity contribution in [2.45, 2.75) is 6.54 Å². The molecule has 106 valence electrons. The minimum absolute atomic E-state index is 0.0965. The van der Waals surface area contributed by atoms with Crippen molar-refractivity contribution in [2.24, 2.45) is 0 Å². The molecule has 2 heterocycles. The Bertz CT molecular complexity index is 763. The van der Waals surface area contributed by atoms with E-state index in [9.17, 15) is 9.90 Å². The molecule has 1 N–H and O–H groups in total. The summed E-state index contributed by atoms with van der Waals surface area (Å²) in [5.41, 5.74) is 1.89. The molecule has 3 rings (SSSR count). The van der Waals surface area contributed by atoms with Gasteiger partial charge >= 0.3 is 5.97 Å². The van der Waals surface area contributed by atoms with Crippen molar-refractivity contribution in [1.29, 1.82) is 0 Å². The first-order chi connectivity index (χ1) is 10.1. The van der Waals surface area contributed by atoms with Gasteiger partial charge in [-0.25, -0.2) is 9.48 Å². The molecule has 0 aliphatic heterocycles. The zero-order valence-electron chi connectivity index (χ0n) is 10.7. The van der Waals surface area contributed by atoms with Crippen molar-refractivity contribution in [1.82, 2.24) is 15.0 Å². The second kappa shape index (κ2) is 5.41. The van der Waals surface area contributed by atoms with Crippen LogP contribution in [0.5, 0.6) is 0 Å². The van der Waals surface area contributed by atoms with Gasteiger partial charge in [-0.1, -0.05) is 28.9 Å². The van der Waals surface area contributed by atoms with Crippen molar-refractivity contribution in [3.63, 3.8) is 0 Å². The minimum atomic E-state index is -1.13. The SMILES string of the molecule is O=C(O)c1nnn(Cc2ccoc2)c1-c1ccc(Cl)cc1. The number of hydrogen-bond acceptors (Lipinski definition) is 4. The summed E-state index contributed by atoms with van der Waals surface area (Å²) >= 11 is 5.86. The van der Waals surface area contributed by atoms with Crippen LogP contribution in [0.15, 0.2) is 47.3 Å². The fourth-order valence-corrected chi connectivity index (χ4v) is 2.14. The summed E-state index contributed by atoms with van der Waals surface area (Å²) in [5, 5.41) is 17.5. The maximum absolute atomic E-state index is 11.3. The van der Waals surface area contributed by atoms with E-state index in [0.717, 1.165) is 5.56 Å². The number of aromatic nitrogens is 3. The molecule has 0 unspecified atom stereocenters. The van der Waals surface area contributed by atoms with Crippen LogP contribution in [-0.4, -0.2) is 26.1 Å². The van der Waals surface area contributed by atoms with Crippen molar-refractivity contribution in [3.05, 3.63) is 59.1 Å². The van der Waals surface area contributed by atoms with Crippen LogP contribution in [0.4, 0.5) is 0 Å². The van der Waals surface area contributed by atoms with Crippen LogP contribution >= 0.6 is 11.6 Å². The number of carboxylic acid groups (broad SMARTS) is 1. The Balaban J connectivity index is 2.08. The number of benzene rings is 1. The highest BCUT2D eigenvalue weighted by molar-refractivity contribution is 6.30.